The van der Waals surface area contributed by atoms with E-state index in [9.17, 15) is 14.0 Å². The van der Waals surface area contributed by atoms with Gasteiger partial charge in [0, 0.05) is 16.7 Å². The lowest BCUT2D eigenvalue weighted by molar-refractivity contribution is -0.146. The molecule has 1 amide bonds. The number of halogens is 2. The van der Waals surface area contributed by atoms with Crippen LogP contribution in [0, 0.1) is 15.3 Å². The number of nitrogens with zero attached hydrogens (tertiary/aromatic N) is 1. The third kappa shape index (κ3) is 2.41. The van der Waals surface area contributed by atoms with Crippen molar-refractivity contribution in [3.05, 3.63) is 33.1 Å². The molecule has 1 fully saturated rings. The van der Waals surface area contributed by atoms with Crippen molar-refractivity contribution in [2.45, 2.75) is 0 Å². The molecule has 0 unspecified atom stereocenters. The molecule has 2 rings (SSSR count). The number of rotatable bonds is 2. The number of amides is 1. The van der Waals surface area contributed by atoms with Gasteiger partial charge < -0.3 is 10.0 Å². The molecule has 1 heterocycles. The van der Waals surface area contributed by atoms with E-state index in [4.69, 9.17) is 5.11 Å². The number of carbonyl (C=O) groups excluding carboxylic acids is 1. The molecule has 1 aliphatic rings. The number of hydrogen-bond acceptors (Lipinski definition) is 2. The Balaban J connectivity index is 2.09. The average Bonchev–Trinajstić information content (AvgIpc) is 2.13. The summed E-state index contributed by atoms with van der Waals surface area (Å²) >= 11 is 1.89. The van der Waals surface area contributed by atoms with Crippen LogP contribution in [0.15, 0.2) is 18.2 Å². The van der Waals surface area contributed by atoms with Gasteiger partial charge in [-0.25, -0.2) is 4.39 Å². The number of carboxylic acid groups (broad SMARTS) is 1. The zero-order chi connectivity index (χ0) is 12.6. The van der Waals surface area contributed by atoms with Crippen molar-refractivity contribution in [3.63, 3.8) is 0 Å². The van der Waals surface area contributed by atoms with E-state index in [1.54, 1.807) is 0 Å². The predicted octanol–water partition coefficient (Wildman–Crippen LogP) is 1.59. The third-order valence-corrected chi connectivity index (χ3v) is 3.57. The molecule has 0 aromatic heterocycles. The van der Waals surface area contributed by atoms with Gasteiger partial charge in [0.15, 0.2) is 0 Å². The second kappa shape index (κ2) is 4.59. The molecule has 6 heteroatoms. The van der Waals surface area contributed by atoms with Gasteiger partial charge in [-0.15, -0.1) is 0 Å². The smallest absolute Gasteiger partial charge is 0.310 e. The Morgan fingerprint density at radius 2 is 2.06 bits per heavy atom. The maximum Gasteiger partial charge on any atom is 0.310 e. The van der Waals surface area contributed by atoms with Crippen molar-refractivity contribution >= 4 is 34.5 Å². The van der Waals surface area contributed by atoms with Gasteiger partial charge in [-0.3, -0.25) is 9.59 Å². The molecule has 0 saturated carbocycles. The lowest BCUT2D eigenvalue weighted by Gasteiger charge is -2.36. The van der Waals surface area contributed by atoms with Crippen LogP contribution in [0.25, 0.3) is 0 Å². The van der Waals surface area contributed by atoms with E-state index in [0.717, 1.165) is 0 Å². The van der Waals surface area contributed by atoms with E-state index in [1.165, 1.54) is 23.1 Å². The quantitative estimate of drug-likeness (QED) is 0.825. The minimum Gasteiger partial charge on any atom is -0.481 e. The van der Waals surface area contributed by atoms with Crippen molar-refractivity contribution in [1.29, 1.82) is 0 Å². The highest BCUT2D eigenvalue weighted by atomic mass is 127. The van der Waals surface area contributed by atoms with Gasteiger partial charge in [0.05, 0.1) is 11.5 Å². The summed E-state index contributed by atoms with van der Waals surface area (Å²) in [6, 6.07) is 3.93. The van der Waals surface area contributed by atoms with Crippen molar-refractivity contribution in [2.24, 2.45) is 5.92 Å². The zero-order valence-electron chi connectivity index (χ0n) is 8.69. The Morgan fingerprint density at radius 1 is 1.41 bits per heavy atom. The third-order valence-electron chi connectivity index (χ3n) is 2.68. The van der Waals surface area contributed by atoms with Crippen LogP contribution in [0.2, 0.25) is 0 Å². The summed E-state index contributed by atoms with van der Waals surface area (Å²) in [6.45, 7) is 0.448. The highest BCUT2D eigenvalue weighted by Crippen LogP contribution is 2.22. The Labute approximate surface area is 111 Å². The molecule has 17 heavy (non-hydrogen) atoms. The summed E-state index contributed by atoms with van der Waals surface area (Å²) in [6.07, 6.45) is 0. The molecule has 1 aromatic carbocycles. The summed E-state index contributed by atoms with van der Waals surface area (Å²) in [4.78, 5) is 24.0. The van der Waals surface area contributed by atoms with E-state index in [0.29, 0.717) is 9.13 Å². The van der Waals surface area contributed by atoms with Gasteiger partial charge >= 0.3 is 5.97 Å². The zero-order valence-corrected chi connectivity index (χ0v) is 10.8. The summed E-state index contributed by atoms with van der Waals surface area (Å²) in [7, 11) is 0. The van der Waals surface area contributed by atoms with Crippen LogP contribution in [0.3, 0.4) is 0 Å². The van der Waals surface area contributed by atoms with Crippen LogP contribution in [0.4, 0.5) is 4.39 Å². The summed E-state index contributed by atoms with van der Waals surface area (Å²) in [5.74, 6) is -2.00. The molecule has 1 aliphatic heterocycles. The van der Waals surface area contributed by atoms with Crippen LogP contribution in [-0.2, 0) is 4.79 Å². The topological polar surface area (TPSA) is 57.6 Å². The van der Waals surface area contributed by atoms with Crippen molar-refractivity contribution in [2.75, 3.05) is 13.1 Å². The number of benzene rings is 1. The number of carboxylic acids is 1. The molecule has 4 nitrogen and oxygen atoms in total. The Morgan fingerprint density at radius 3 is 2.59 bits per heavy atom. The molecular formula is C11H9FINO3. The summed E-state index contributed by atoms with van der Waals surface area (Å²) in [5, 5.41) is 8.71. The molecular weight excluding hydrogens is 340 g/mol. The molecule has 1 saturated heterocycles. The fourth-order valence-corrected chi connectivity index (χ4v) is 2.34. The maximum absolute atomic E-state index is 12.9. The Hall–Kier alpha value is -1.18. The van der Waals surface area contributed by atoms with Gasteiger partial charge in [0.1, 0.15) is 5.82 Å². The second-order valence-corrected chi connectivity index (χ2v) is 5.03. The predicted molar refractivity (Wildman–Crippen MR) is 66.1 cm³/mol. The second-order valence-electron chi connectivity index (χ2n) is 3.87. The van der Waals surface area contributed by atoms with Crippen molar-refractivity contribution < 1.29 is 19.1 Å². The van der Waals surface area contributed by atoms with Gasteiger partial charge in [0.2, 0.25) is 0 Å². The summed E-state index contributed by atoms with van der Waals surface area (Å²) < 4.78 is 13.4. The monoisotopic (exact) mass is 349 g/mol. The molecule has 1 N–H and O–H groups in total. The van der Waals surface area contributed by atoms with Crippen LogP contribution in [0.1, 0.15) is 10.4 Å². The largest absolute Gasteiger partial charge is 0.481 e. The minimum absolute atomic E-state index is 0.224. The lowest BCUT2D eigenvalue weighted by atomic mass is 9.99. The van der Waals surface area contributed by atoms with Crippen LogP contribution >= 0.6 is 22.6 Å². The Bertz CT molecular complexity index is 486. The highest BCUT2D eigenvalue weighted by Gasteiger charge is 2.36. The molecule has 0 atom stereocenters. The van der Waals surface area contributed by atoms with Gasteiger partial charge in [-0.2, -0.15) is 0 Å². The van der Waals surface area contributed by atoms with Crippen molar-refractivity contribution in [1.82, 2.24) is 4.90 Å². The van der Waals surface area contributed by atoms with Gasteiger partial charge in [-0.1, -0.05) is 0 Å². The van der Waals surface area contributed by atoms with E-state index in [1.807, 2.05) is 22.6 Å². The normalized spacial score (nSPS) is 15.5. The number of hydrogen-bond donors (Lipinski definition) is 1. The van der Waals surface area contributed by atoms with Gasteiger partial charge in [0.25, 0.3) is 5.91 Å². The van der Waals surface area contributed by atoms with E-state index < -0.39 is 17.7 Å². The average molecular weight is 349 g/mol. The fourth-order valence-electron chi connectivity index (χ4n) is 1.63. The van der Waals surface area contributed by atoms with Crippen LogP contribution in [-0.4, -0.2) is 35.0 Å². The molecule has 0 aliphatic carbocycles. The van der Waals surface area contributed by atoms with E-state index in [-0.39, 0.29) is 19.0 Å². The highest BCUT2D eigenvalue weighted by molar-refractivity contribution is 14.1. The maximum atomic E-state index is 12.9. The number of carbonyl (C=O) groups is 2. The van der Waals surface area contributed by atoms with Gasteiger partial charge in [-0.05, 0) is 40.8 Å². The molecule has 1 aromatic rings. The first-order valence-electron chi connectivity index (χ1n) is 4.96. The summed E-state index contributed by atoms with van der Waals surface area (Å²) in [5.41, 5.74) is 0.413. The number of aliphatic carboxylic acids is 1. The first-order valence-corrected chi connectivity index (χ1v) is 6.04. The number of likely N-dealkylation sites (tertiary alicyclic amines) is 1. The van der Waals surface area contributed by atoms with E-state index >= 15 is 0 Å². The Kier molecular flexibility index (Phi) is 3.32. The fraction of sp³-hybridized carbons (Fsp3) is 0.273. The standard InChI is InChI=1S/C11H9FINO3/c12-7-1-2-8(9(13)3-7)10(15)14-4-6(5-14)11(16)17/h1-3,6H,4-5H2,(H,16,17). The molecule has 90 valence electrons. The molecule has 0 bridgehead atoms. The minimum atomic E-state index is -0.886. The molecule has 0 radical (unpaired) electrons. The lowest BCUT2D eigenvalue weighted by Crippen LogP contribution is -2.53. The molecule has 0 spiro atoms. The van der Waals surface area contributed by atoms with Crippen LogP contribution < -0.4 is 0 Å². The van der Waals surface area contributed by atoms with Crippen LogP contribution in [0.5, 0.6) is 0 Å². The first kappa shape index (κ1) is 12.3. The first-order chi connectivity index (χ1) is 7.99. The SMILES string of the molecule is O=C(O)C1CN(C(=O)c2ccc(F)cc2I)C1. The van der Waals surface area contributed by atoms with E-state index in [2.05, 4.69) is 0 Å². The van der Waals surface area contributed by atoms with Crippen molar-refractivity contribution in [3.8, 4) is 0 Å².